The van der Waals surface area contributed by atoms with Gasteiger partial charge in [0.05, 0.1) is 22.0 Å². The first-order valence-electron chi connectivity index (χ1n) is 6.80. The van der Waals surface area contributed by atoms with Crippen molar-refractivity contribution >= 4 is 35.1 Å². The number of aliphatic carboxylic acids is 2. The molecule has 0 radical (unpaired) electrons. The van der Waals surface area contributed by atoms with E-state index in [2.05, 4.69) is 5.32 Å². The molecule has 0 aromatic heterocycles. The van der Waals surface area contributed by atoms with Crippen LogP contribution < -0.4 is 5.32 Å². The molecule has 1 aliphatic heterocycles. The molecule has 1 heterocycles. The normalized spacial score (nSPS) is 18.0. The summed E-state index contributed by atoms with van der Waals surface area (Å²) < 4.78 is 0. The first-order valence-corrected chi connectivity index (χ1v) is 7.56. The van der Waals surface area contributed by atoms with Crippen LogP contribution in [0.5, 0.6) is 0 Å². The summed E-state index contributed by atoms with van der Waals surface area (Å²) >= 11 is 12.3. The average Bonchev–Trinajstić information content (AvgIpc) is 2.44. The smallest absolute Gasteiger partial charge is 0.334 e. The predicted octanol–water partition coefficient (Wildman–Crippen LogP) is 3.79. The van der Waals surface area contributed by atoms with Gasteiger partial charge in [-0.05, 0) is 31.1 Å². The van der Waals surface area contributed by atoms with Crippen LogP contribution in [-0.4, -0.2) is 22.2 Å². The van der Waals surface area contributed by atoms with Crippen LogP contribution in [0.15, 0.2) is 40.7 Å². The number of carbonyl (C=O) groups is 2. The molecule has 1 aliphatic rings. The lowest BCUT2D eigenvalue weighted by Gasteiger charge is -2.31. The third-order valence-corrected chi connectivity index (χ3v) is 4.60. The molecule has 0 amide bonds. The maximum absolute atomic E-state index is 11.7. The van der Waals surface area contributed by atoms with Crippen molar-refractivity contribution < 1.29 is 19.8 Å². The minimum Gasteiger partial charge on any atom is -0.481 e. The van der Waals surface area contributed by atoms with Crippen molar-refractivity contribution in [1.29, 1.82) is 0 Å². The number of rotatable bonds is 4. The SMILES string of the molecule is CC1=C(CC(=O)O)C(c2cccc(Cl)c2Cl)C(C(=O)O)=C(C)N1. The highest BCUT2D eigenvalue weighted by atomic mass is 35.5. The fourth-order valence-corrected chi connectivity index (χ4v) is 3.22. The molecule has 122 valence electrons. The summed E-state index contributed by atoms with van der Waals surface area (Å²) in [5.74, 6) is -2.95. The van der Waals surface area contributed by atoms with Crippen molar-refractivity contribution in [3.05, 3.63) is 56.3 Å². The number of allylic oxidation sites excluding steroid dienone is 2. The summed E-state index contributed by atoms with van der Waals surface area (Å²) in [7, 11) is 0. The number of nitrogens with one attached hydrogen (secondary N) is 1. The maximum Gasteiger partial charge on any atom is 0.334 e. The molecule has 7 heteroatoms. The Kier molecular flexibility index (Phi) is 5.02. The zero-order valence-electron chi connectivity index (χ0n) is 12.5. The predicted molar refractivity (Wildman–Crippen MR) is 87.6 cm³/mol. The molecular weight excluding hydrogens is 341 g/mol. The van der Waals surface area contributed by atoms with E-state index in [-0.39, 0.29) is 22.0 Å². The molecular formula is C16H15Cl2NO4. The number of hydrogen-bond donors (Lipinski definition) is 3. The van der Waals surface area contributed by atoms with Crippen LogP contribution in [0.3, 0.4) is 0 Å². The number of carboxylic acids is 2. The molecule has 0 fully saturated rings. The summed E-state index contributed by atoms with van der Waals surface area (Å²) in [4.78, 5) is 23.0. The number of dihydropyridines is 1. The molecule has 3 N–H and O–H groups in total. The molecule has 23 heavy (non-hydrogen) atoms. The Morgan fingerprint density at radius 2 is 1.83 bits per heavy atom. The van der Waals surface area contributed by atoms with Gasteiger partial charge in [0, 0.05) is 17.3 Å². The summed E-state index contributed by atoms with van der Waals surface area (Å²) in [5.41, 5.74) is 2.05. The van der Waals surface area contributed by atoms with Crippen LogP contribution in [0.2, 0.25) is 10.0 Å². The Balaban J connectivity index is 2.72. The van der Waals surface area contributed by atoms with Crippen molar-refractivity contribution in [2.75, 3.05) is 0 Å². The lowest BCUT2D eigenvalue weighted by molar-refractivity contribution is -0.137. The topological polar surface area (TPSA) is 86.6 Å². The Morgan fingerprint density at radius 1 is 1.17 bits per heavy atom. The zero-order chi connectivity index (χ0) is 17.3. The van der Waals surface area contributed by atoms with Gasteiger partial charge in [0.1, 0.15) is 0 Å². The van der Waals surface area contributed by atoms with E-state index in [4.69, 9.17) is 23.2 Å². The second-order valence-electron chi connectivity index (χ2n) is 5.27. The highest BCUT2D eigenvalue weighted by molar-refractivity contribution is 6.42. The molecule has 0 bridgehead atoms. The minimum atomic E-state index is -1.13. The molecule has 0 saturated heterocycles. The first-order chi connectivity index (χ1) is 10.7. The molecule has 1 unspecified atom stereocenters. The zero-order valence-corrected chi connectivity index (χ0v) is 14.0. The van der Waals surface area contributed by atoms with Crippen molar-refractivity contribution in [3.63, 3.8) is 0 Å². The van der Waals surface area contributed by atoms with E-state index in [1.807, 2.05) is 0 Å². The summed E-state index contributed by atoms with van der Waals surface area (Å²) in [6.45, 7) is 3.35. The van der Waals surface area contributed by atoms with E-state index >= 15 is 0 Å². The molecule has 0 spiro atoms. The molecule has 1 aromatic rings. The lowest BCUT2D eigenvalue weighted by Crippen LogP contribution is -2.29. The Bertz CT molecular complexity index is 752. The van der Waals surface area contributed by atoms with Gasteiger partial charge < -0.3 is 15.5 Å². The molecule has 2 rings (SSSR count). The Hall–Kier alpha value is -1.98. The third kappa shape index (κ3) is 3.35. The summed E-state index contributed by atoms with van der Waals surface area (Å²) in [5, 5.41) is 22.2. The molecule has 1 atom stereocenters. The fraction of sp³-hybridized carbons (Fsp3) is 0.250. The van der Waals surface area contributed by atoms with Crippen LogP contribution >= 0.6 is 23.2 Å². The molecule has 5 nitrogen and oxygen atoms in total. The number of benzene rings is 1. The number of hydrogen-bond acceptors (Lipinski definition) is 3. The van der Waals surface area contributed by atoms with Gasteiger partial charge in [0.15, 0.2) is 0 Å². The minimum absolute atomic E-state index is 0.0658. The third-order valence-electron chi connectivity index (χ3n) is 3.76. The number of halogens is 2. The quantitative estimate of drug-likeness (QED) is 0.764. The van der Waals surface area contributed by atoms with Crippen molar-refractivity contribution in [1.82, 2.24) is 5.32 Å². The van der Waals surface area contributed by atoms with Gasteiger partial charge in [-0.1, -0.05) is 35.3 Å². The molecule has 0 aliphatic carbocycles. The Labute approximate surface area is 143 Å². The van der Waals surface area contributed by atoms with Crippen LogP contribution in [0.4, 0.5) is 0 Å². The van der Waals surface area contributed by atoms with Crippen LogP contribution in [0.1, 0.15) is 31.7 Å². The lowest BCUT2D eigenvalue weighted by atomic mass is 9.79. The number of carboxylic acid groups (broad SMARTS) is 2. The first kappa shape index (κ1) is 17.4. The standard InChI is InChI=1S/C16H15Cl2NO4/c1-7-10(6-12(20)21)14(13(16(22)23)8(2)19-7)9-4-3-5-11(17)15(9)18/h3-5,14,19H,6H2,1-2H3,(H,20,21)(H,22,23). The average molecular weight is 356 g/mol. The molecule has 0 saturated carbocycles. The van der Waals surface area contributed by atoms with E-state index in [0.717, 1.165) is 0 Å². The second-order valence-corrected chi connectivity index (χ2v) is 6.05. The summed E-state index contributed by atoms with van der Waals surface area (Å²) in [6.07, 6.45) is -0.295. The van der Waals surface area contributed by atoms with Gasteiger partial charge in [-0.25, -0.2) is 4.79 Å². The van der Waals surface area contributed by atoms with E-state index in [1.165, 1.54) is 0 Å². The van der Waals surface area contributed by atoms with Gasteiger partial charge in [-0.3, -0.25) is 4.79 Å². The van der Waals surface area contributed by atoms with Gasteiger partial charge >= 0.3 is 11.9 Å². The van der Waals surface area contributed by atoms with Gasteiger partial charge in [-0.2, -0.15) is 0 Å². The van der Waals surface area contributed by atoms with Gasteiger partial charge in [0.25, 0.3) is 0 Å². The van der Waals surface area contributed by atoms with E-state index < -0.39 is 17.9 Å². The van der Waals surface area contributed by atoms with Crippen LogP contribution in [-0.2, 0) is 9.59 Å². The highest BCUT2D eigenvalue weighted by Crippen LogP contribution is 2.43. The van der Waals surface area contributed by atoms with E-state index in [9.17, 15) is 19.8 Å². The Morgan fingerprint density at radius 3 is 2.39 bits per heavy atom. The van der Waals surface area contributed by atoms with Crippen molar-refractivity contribution in [2.45, 2.75) is 26.2 Å². The fourth-order valence-electron chi connectivity index (χ4n) is 2.80. The van der Waals surface area contributed by atoms with Crippen molar-refractivity contribution in [2.24, 2.45) is 0 Å². The van der Waals surface area contributed by atoms with Crippen LogP contribution in [0, 0.1) is 0 Å². The second kappa shape index (κ2) is 6.64. The van der Waals surface area contributed by atoms with Crippen LogP contribution in [0.25, 0.3) is 0 Å². The highest BCUT2D eigenvalue weighted by Gasteiger charge is 2.35. The summed E-state index contributed by atoms with van der Waals surface area (Å²) in [6, 6.07) is 4.92. The van der Waals surface area contributed by atoms with E-state index in [0.29, 0.717) is 22.5 Å². The largest absolute Gasteiger partial charge is 0.481 e. The monoisotopic (exact) mass is 355 g/mol. The molecule has 1 aromatic carbocycles. The van der Waals surface area contributed by atoms with Crippen molar-refractivity contribution in [3.8, 4) is 0 Å². The van der Waals surface area contributed by atoms with E-state index in [1.54, 1.807) is 32.0 Å². The van der Waals surface area contributed by atoms with Gasteiger partial charge in [0.2, 0.25) is 0 Å². The van der Waals surface area contributed by atoms with Gasteiger partial charge in [-0.15, -0.1) is 0 Å². The maximum atomic E-state index is 11.7.